The van der Waals surface area contributed by atoms with Crippen LogP contribution in [0.2, 0.25) is 10.0 Å². The van der Waals surface area contributed by atoms with Crippen LogP contribution in [0.4, 0.5) is 26.3 Å². The number of hydrogen-bond acceptors (Lipinski definition) is 4. The molecule has 6 nitrogen and oxygen atoms in total. The van der Waals surface area contributed by atoms with E-state index in [2.05, 4.69) is 9.97 Å². The summed E-state index contributed by atoms with van der Waals surface area (Å²) < 4.78 is 78.5. The molecule has 0 saturated heterocycles. The lowest BCUT2D eigenvalue weighted by atomic mass is 10.2. The quantitative estimate of drug-likeness (QED) is 0.481. The molecule has 0 saturated carbocycles. The van der Waals surface area contributed by atoms with Gasteiger partial charge in [0.2, 0.25) is 0 Å². The van der Waals surface area contributed by atoms with Crippen molar-refractivity contribution in [2.75, 3.05) is 0 Å². The van der Waals surface area contributed by atoms with Crippen LogP contribution < -0.4 is 11.2 Å². The zero-order valence-corrected chi connectivity index (χ0v) is 17.9. The SMILES string of the molecule is Cc1cn(Cc2ncc(C(F)(F)F)cc2Cl)c(=O)n(Cc2ncc(C(F)(F)F)cc2Cl)c1=O. The number of rotatable bonds is 4. The molecule has 0 aliphatic rings. The maximum absolute atomic E-state index is 12.8. The third kappa shape index (κ3) is 5.38. The predicted molar refractivity (Wildman–Crippen MR) is 106 cm³/mol. The minimum Gasteiger partial charge on any atom is -0.294 e. The molecule has 0 fully saturated rings. The zero-order valence-electron chi connectivity index (χ0n) is 16.4. The van der Waals surface area contributed by atoms with Crippen molar-refractivity contribution >= 4 is 23.2 Å². The van der Waals surface area contributed by atoms with E-state index < -0.39 is 46.3 Å². The van der Waals surface area contributed by atoms with Crippen LogP contribution in [0.1, 0.15) is 28.1 Å². The van der Waals surface area contributed by atoms with Crippen LogP contribution >= 0.6 is 23.2 Å². The van der Waals surface area contributed by atoms with Gasteiger partial charge in [-0.25, -0.2) is 4.79 Å². The Morgan fingerprint density at radius 2 is 1.30 bits per heavy atom. The summed E-state index contributed by atoms with van der Waals surface area (Å²) in [6.45, 7) is 0.466. The summed E-state index contributed by atoms with van der Waals surface area (Å²) >= 11 is 11.8. The Kier molecular flexibility index (Phi) is 6.62. The molecule has 3 rings (SSSR count). The van der Waals surface area contributed by atoms with Crippen molar-refractivity contribution in [3.8, 4) is 0 Å². The first kappa shape index (κ1) is 24.8. The second-order valence-electron chi connectivity index (χ2n) is 6.91. The molecule has 0 spiro atoms. The highest BCUT2D eigenvalue weighted by molar-refractivity contribution is 6.31. The van der Waals surface area contributed by atoms with Crippen LogP contribution in [0.15, 0.2) is 40.3 Å². The lowest BCUT2D eigenvalue weighted by molar-refractivity contribution is -0.138. The summed E-state index contributed by atoms with van der Waals surface area (Å²) in [5, 5.41) is -0.754. The largest absolute Gasteiger partial charge is 0.417 e. The van der Waals surface area contributed by atoms with Gasteiger partial charge in [-0.3, -0.25) is 23.9 Å². The Morgan fingerprint density at radius 3 is 1.73 bits per heavy atom. The van der Waals surface area contributed by atoms with Crippen molar-refractivity contribution < 1.29 is 26.3 Å². The minimum absolute atomic E-state index is 0.0675. The molecule has 33 heavy (non-hydrogen) atoms. The topological polar surface area (TPSA) is 69.8 Å². The van der Waals surface area contributed by atoms with Crippen LogP contribution in [0.3, 0.4) is 0 Å². The second-order valence-corrected chi connectivity index (χ2v) is 7.73. The molecule has 0 unspecified atom stereocenters. The fraction of sp³-hybridized carbons (Fsp3) is 0.263. The highest BCUT2D eigenvalue weighted by Crippen LogP contribution is 2.32. The van der Waals surface area contributed by atoms with Gasteiger partial charge in [-0.2, -0.15) is 26.3 Å². The summed E-state index contributed by atoms with van der Waals surface area (Å²) in [5.41, 5.74) is -4.00. The standard InChI is InChI=1S/C19H12Cl2F6N4O2/c1-9-6-30(7-14-12(20)2-10(4-28-14)18(22,23)24)17(33)31(16(9)32)8-15-13(21)3-11(5-29-15)19(25,26)27/h2-6H,7-8H2,1H3. The van der Waals surface area contributed by atoms with Crippen LogP contribution in [0, 0.1) is 6.92 Å². The summed E-state index contributed by atoms with van der Waals surface area (Å²) in [6.07, 6.45) is -7.11. The van der Waals surface area contributed by atoms with Crippen LogP contribution in [-0.4, -0.2) is 19.1 Å². The summed E-state index contributed by atoms with van der Waals surface area (Å²) in [6, 6.07) is 1.28. The number of alkyl halides is 6. The second kappa shape index (κ2) is 8.82. The predicted octanol–water partition coefficient (Wildman–Crippen LogP) is 4.55. The van der Waals surface area contributed by atoms with E-state index >= 15 is 0 Å². The average molecular weight is 513 g/mol. The third-order valence-corrected chi connectivity index (χ3v) is 5.18. The molecule has 0 radical (unpaired) electrons. The van der Waals surface area contributed by atoms with E-state index in [4.69, 9.17) is 23.2 Å². The molecule has 3 heterocycles. The monoisotopic (exact) mass is 512 g/mol. The molecule has 14 heteroatoms. The number of aromatic nitrogens is 4. The Bertz CT molecular complexity index is 1330. The van der Waals surface area contributed by atoms with Crippen molar-refractivity contribution in [1.82, 2.24) is 19.1 Å². The van der Waals surface area contributed by atoms with Gasteiger partial charge in [0.1, 0.15) is 0 Å². The zero-order chi connectivity index (χ0) is 24.7. The van der Waals surface area contributed by atoms with Crippen molar-refractivity contribution in [1.29, 1.82) is 0 Å². The fourth-order valence-electron chi connectivity index (χ4n) is 2.84. The smallest absolute Gasteiger partial charge is 0.294 e. The van der Waals surface area contributed by atoms with Crippen molar-refractivity contribution in [2.24, 2.45) is 0 Å². The number of aryl methyl sites for hydroxylation is 1. The van der Waals surface area contributed by atoms with Gasteiger partial charge in [0.05, 0.1) is 45.6 Å². The molecule has 0 aliphatic heterocycles. The fourth-order valence-corrected chi connectivity index (χ4v) is 3.29. The van der Waals surface area contributed by atoms with E-state index in [0.717, 1.165) is 4.57 Å². The first-order chi connectivity index (χ1) is 15.2. The molecule has 0 atom stereocenters. The third-order valence-electron chi connectivity index (χ3n) is 4.53. The van der Waals surface area contributed by atoms with Crippen molar-refractivity contribution in [3.05, 3.63) is 89.7 Å². The van der Waals surface area contributed by atoms with Gasteiger partial charge in [-0.05, 0) is 19.1 Å². The molecule has 0 bridgehead atoms. The molecule has 3 aromatic heterocycles. The molecule has 3 aromatic rings. The molecule has 176 valence electrons. The summed E-state index contributed by atoms with van der Waals surface area (Å²) in [7, 11) is 0. The first-order valence-electron chi connectivity index (χ1n) is 8.92. The molecule has 0 amide bonds. The Labute approximate surface area is 191 Å². The van der Waals surface area contributed by atoms with E-state index in [1.54, 1.807) is 0 Å². The minimum atomic E-state index is -4.68. The van der Waals surface area contributed by atoms with Gasteiger partial charge in [-0.1, -0.05) is 23.2 Å². The van der Waals surface area contributed by atoms with Crippen LogP contribution in [0.5, 0.6) is 0 Å². The van der Waals surface area contributed by atoms with Gasteiger partial charge in [0.15, 0.2) is 0 Å². The van der Waals surface area contributed by atoms with Gasteiger partial charge in [0.25, 0.3) is 5.56 Å². The molecule has 0 N–H and O–H groups in total. The van der Waals surface area contributed by atoms with Crippen molar-refractivity contribution in [2.45, 2.75) is 32.4 Å². The lowest BCUT2D eigenvalue weighted by Gasteiger charge is -2.14. The molecule has 0 aromatic carbocycles. The van der Waals surface area contributed by atoms with Gasteiger partial charge < -0.3 is 0 Å². The summed E-state index contributed by atoms with van der Waals surface area (Å²) in [5.74, 6) is 0. The highest BCUT2D eigenvalue weighted by atomic mass is 35.5. The number of pyridine rings is 2. The van der Waals surface area contributed by atoms with Gasteiger partial charge >= 0.3 is 18.0 Å². The van der Waals surface area contributed by atoms with Gasteiger partial charge in [-0.15, -0.1) is 0 Å². The highest BCUT2D eigenvalue weighted by Gasteiger charge is 2.32. The first-order valence-corrected chi connectivity index (χ1v) is 9.68. The normalized spacial score (nSPS) is 12.3. The Balaban J connectivity index is 2.00. The van der Waals surface area contributed by atoms with Crippen molar-refractivity contribution in [3.63, 3.8) is 0 Å². The molecule has 0 aliphatic carbocycles. The number of hydrogen-bond donors (Lipinski definition) is 0. The number of nitrogens with zero attached hydrogens (tertiary/aromatic N) is 4. The van der Waals surface area contributed by atoms with Gasteiger partial charge in [0, 0.05) is 24.2 Å². The molecular weight excluding hydrogens is 501 g/mol. The Morgan fingerprint density at radius 1 is 0.848 bits per heavy atom. The Hall–Kier alpha value is -2.86. The number of halogens is 8. The maximum atomic E-state index is 12.8. The maximum Gasteiger partial charge on any atom is 0.417 e. The van der Waals surface area contributed by atoms with E-state index in [-0.39, 0.29) is 28.5 Å². The van der Waals surface area contributed by atoms with Crippen LogP contribution in [-0.2, 0) is 25.4 Å². The lowest BCUT2D eigenvalue weighted by Crippen LogP contribution is -2.41. The van der Waals surface area contributed by atoms with Crippen LogP contribution in [0.25, 0.3) is 0 Å². The van der Waals surface area contributed by atoms with E-state index in [1.807, 2.05) is 0 Å². The summed E-state index contributed by atoms with van der Waals surface area (Å²) in [4.78, 5) is 32.6. The molecular formula is C19H12Cl2F6N4O2. The van der Waals surface area contributed by atoms with E-state index in [1.165, 1.54) is 13.1 Å². The van der Waals surface area contributed by atoms with E-state index in [9.17, 15) is 35.9 Å². The van der Waals surface area contributed by atoms with E-state index in [0.29, 0.717) is 29.1 Å². The average Bonchev–Trinajstić information content (AvgIpc) is 2.70.